The van der Waals surface area contributed by atoms with Crippen molar-refractivity contribution in [2.75, 3.05) is 5.73 Å². The molecule has 0 aliphatic carbocycles. The molecule has 1 aromatic carbocycles. The van der Waals surface area contributed by atoms with Crippen LogP contribution in [-0.4, -0.2) is 4.98 Å². The van der Waals surface area contributed by atoms with Crippen LogP contribution in [0.5, 0.6) is 0 Å². The Labute approximate surface area is 91.1 Å². The molecule has 0 saturated carbocycles. The maximum Gasteiger partial charge on any atom is 0.233 e. The number of halogens is 1. The van der Waals surface area contributed by atoms with E-state index in [0.717, 1.165) is 0 Å². The molecule has 5 heteroatoms. The summed E-state index contributed by atoms with van der Waals surface area (Å²) in [5, 5.41) is 8.66. The van der Waals surface area contributed by atoms with Gasteiger partial charge in [0.05, 0.1) is 5.56 Å². The van der Waals surface area contributed by atoms with Crippen molar-refractivity contribution in [1.29, 1.82) is 5.26 Å². The quantitative estimate of drug-likeness (QED) is 0.794. The number of aromatic nitrogens is 1. The van der Waals surface area contributed by atoms with Crippen LogP contribution in [0.4, 0.5) is 10.3 Å². The fourth-order valence-electron chi connectivity index (χ4n) is 1.34. The molecule has 0 atom stereocenters. The van der Waals surface area contributed by atoms with Crippen molar-refractivity contribution in [3.8, 4) is 17.5 Å². The molecule has 0 saturated heterocycles. The third kappa shape index (κ3) is 1.50. The van der Waals surface area contributed by atoms with Gasteiger partial charge in [-0.1, -0.05) is 12.1 Å². The molecule has 4 nitrogen and oxygen atoms in total. The minimum Gasteiger partial charge on any atom is -0.419 e. The fourth-order valence-corrected chi connectivity index (χ4v) is 1.34. The van der Waals surface area contributed by atoms with Gasteiger partial charge in [0.15, 0.2) is 0 Å². The van der Waals surface area contributed by atoms with Crippen molar-refractivity contribution in [2.45, 2.75) is 6.92 Å². The summed E-state index contributed by atoms with van der Waals surface area (Å²) in [6, 6.07) is 6.61. The lowest BCUT2D eigenvalue weighted by molar-refractivity contribution is 0.574. The van der Waals surface area contributed by atoms with Crippen LogP contribution in [0, 0.1) is 24.1 Å². The third-order valence-electron chi connectivity index (χ3n) is 2.18. The van der Waals surface area contributed by atoms with E-state index in [0.29, 0.717) is 5.56 Å². The summed E-state index contributed by atoms with van der Waals surface area (Å²) in [6.45, 7) is 1.64. The Morgan fingerprint density at radius 3 is 2.88 bits per heavy atom. The molecule has 1 aromatic heterocycles. The number of nitrogens with zero attached hydrogens (tertiary/aromatic N) is 2. The largest absolute Gasteiger partial charge is 0.419 e. The molecule has 0 fully saturated rings. The molecule has 0 spiro atoms. The predicted octanol–water partition coefficient (Wildman–Crippen LogP) is 2.24. The monoisotopic (exact) mass is 217 g/mol. The van der Waals surface area contributed by atoms with E-state index in [4.69, 9.17) is 15.4 Å². The molecular weight excluding hydrogens is 209 g/mol. The zero-order valence-corrected chi connectivity index (χ0v) is 8.49. The highest BCUT2D eigenvalue weighted by Crippen LogP contribution is 2.26. The van der Waals surface area contributed by atoms with Crippen LogP contribution >= 0.6 is 0 Å². The number of benzene rings is 1. The van der Waals surface area contributed by atoms with Crippen LogP contribution in [-0.2, 0) is 0 Å². The van der Waals surface area contributed by atoms with Gasteiger partial charge in [-0.2, -0.15) is 10.2 Å². The van der Waals surface area contributed by atoms with E-state index in [1.807, 2.05) is 0 Å². The van der Waals surface area contributed by atoms with Crippen LogP contribution in [0.3, 0.4) is 0 Å². The topological polar surface area (TPSA) is 75.8 Å². The Hall–Kier alpha value is -2.35. The van der Waals surface area contributed by atoms with E-state index in [1.54, 1.807) is 25.1 Å². The first-order valence-electron chi connectivity index (χ1n) is 4.55. The third-order valence-corrected chi connectivity index (χ3v) is 2.18. The van der Waals surface area contributed by atoms with Gasteiger partial charge in [-0.25, -0.2) is 4.39 Å². The van der Waals surface area contributed by atoms with E-state index in [2.05, 4.69) is 4.98 Å². The van der Waals surface area contributed by atoms with Gasteiger partial charge in [0.2, 0.25) is 17.5 Å². The minimum absolute atomic E-state index is 0.0234. The van der Waals surface area contributed by atoms with Crippen LogP contribution in [0.2, 0.25) is 0 Å². The fraction of sp³-hybridized carbons (Fsp3) is 0.0909. The molecule has 0 aliphatic rings. The number of rotatable bonds is 1. The molecule has 0 amide bonds. The Morgan fingerprint density at radius 2 is 2.25 bits per heavy atom. The first-order chi connectivity index (χ1) is 7.63. The van der Waals surface area contributed by atoms with Gasteiger partial charge in [-0.15, -0.1) is 0 Å². The second-order valence-corrected chi connectivity index (χ2v) is 3.28. The lowest BCUT2D eigenvalue weighted by Gasteiger charge is -2.00. The highest BCUT2D eigenvalue weighted by Gasteiger charge is 2.15. The number of oxazole rings is 1. The number of aryl methyl sites for hydroxylation is 1. The lowest BCUT2D eigenvalue weighted by Crippen LogP contribution is -1.88. The SMILES string of the molecule is Cc1cccc(-c2nc(C#N)c(N)o2)c1F. The Morgan fingerprint density at radius 1 is 1.50 bits per heavy atom. The maximum absolute atomic E-state index is 13.7. The Kier molecular flexibility index (Phi) is 2.33. The second kappa shape index (κ2) is 3.66. The molecular formula is C11H8FN3O. The number of hydrogen-bond donors (Lipinski definition) is 1. The van der Waals surface area contributed by atoms with Gasteiger partial charge in [-0.3, -0.25) is 0 Å². The summed E-state index contributed by atoms with van der Waals surface area (Å²) in [7, 11) is 0. The summed E-state index contributed by atoms with van der Waals surface area (Å²) in [4.78, 5) is 3.81. The number of nitrogen functional groups attached to an aromatic ring is 1. The van der Waals surface area contributed by atoms with Crippen molar-refractivity contribution in [3.05, 3.63) is 35.3 Å². The van der Waals surface area contributed by atoms with Crippen LogP contribution in [0.1, 0.15) is 11.3 Å². The molecule has 2 N–H and O–H groups in total. The number of hydrogen-bond acceptors (Lipinski definition) is 4. The average Bonchev–Trinajstić information content (AvgIpc) is 2.63. The van der Waals surface area contributed by atoms with Crippen molar-refractivity contribution >= 4 is 5.88 Å². The zero-order chi connectivity index (χ0) is 11.7. The Balaban J connectivity index is 2.60. The van der Waals surface area contributed by atoms with E-state index in [-0.39, 0.29) is 23.0 Å². The van der Waals surface area contributed by atoms with Gasteiger partial charge in [0, 0.05) is 0 Å². The molecule has 1 heterocycles. The number of nitrogens with two attached hydrogens (primary N) is 1. The van der Waals surface area contributed by atoms with Crippen LogP contribution in [0.15, 0.2) is 22.6 Å². The van der Waals surface area contributed by atoms with Gasteiger partial charge in [-0.05, 0) is 18.6 Å². The highest BCUT2D eigenvalue weighted by atomic mass is 19.1. The van der Waals surface area contributed by atoms with Gasteiger partial charge < -0.3 is 10.2 Å². The molecule has 0 bridgehead atoms. The number of nitriles is 1. The predicted molar refractivity (Wildman–Crippen MR) is 55.8 cm³/mol. The molecule has 0 radical (unpaired) electrons. The molecule has 16 heavy (non-hydrogen) atoms. The van der Waals surface area contributed by atoms with E-state index in [1.165, 1.54) is 6.07 Å². The summed E-state index contributed by atoms with van der Waals surface area (Å²) >= 11 is 0. The zero-order valence-electron chi connectivity index (χ0n) is 8.49. The van der Waals surface area contributed by atoms with Crippen LogP contribution < -0.4 is 5.73 Å². The summed E-state index contributed by atoms with van der Waals surface area (Å²) in [5.41, 5.74) is 6.05. The molecule has 80 valence electrons. The molecule has 0 unspecified atom stereocenters. The van der Waals surface area contributed by atoms with Gasteiger partial charge >= 0.3 is 0 Å². The number of anilines is 1. The first-order valence-corrected chi connectivity index (χ1v) is 4.55. The standard InChI is InChI=1S/C11H8FN3O/c1-6-3-2-4-7(9(6)12)11-15-8(5-13)10(14)16-11/h2-4H,14H2,1H3. The molecule has 2 rings (SSSR count). The first kappa shape index (κ1) is 10.2. The Bertz CT molecular complexity index is 583. The average molecular weight is 217 g/mol. The van der Waals surface area contributed by atoms with Crippen LogP contribution in [0.25, 0.3) is 11.5 Å². The van der Waals surface area contributed by atoms with E-state index >= 15 is 0 Å². The van der Waals surface area contributed by atoms with E-state index in [9.17, 15) is 4.39 Å². The maximum atomic E-state index is 13.7. The molecule has 2 aromatic rings. The summed E-state index contributed by atoms with van der Waals surface area (Å²) in [5.74, 6) is -0.498. The highest BCUT2D eigenvalue weighted by molar-refractivity contribution is 5.59. The van der Waals surface area contributed by atoms with Gasteiger partial charge in [0.1, 0.15) is 11.9 Å². The van der Waals surface area contributed by atoms with Crippen molar-refractivity contribution in [2.24, 2.45) is 0 Å². The van der Waals surface area contributed by atoms with Crippen molar-refractivity contribution in [3.63, 3.8) is 0 Å². The normalized spacial score (nSPS) is 10.1. The minimum atomic E-state index is -0.423. The molecule has 0 aliphatic heterocycles. The summed E-state index contributed by atoms with van der Waals surface area (Å²) in [6.07, 6.45) is 0. The summed E-state index contributed by atoms with van der Waals surface area (Å²) < 4.78 is 18.7. The van der Waals surface area contributed by atoms with Crippen molar-refractivity contribution in [1.82, 2.24) is 4.98 Å². The smallest absolute Gasteiger partial charge is 0.233 e. The van der Waals surface area contributed by atoms with Crippen molar-refractivity contribution < 1.29 is 8.81 Å². The lowest BCUT2D eigenvalue weighted by atomic mass is 10.1. The van der Waals surface area contributed by atoms with E-state index < -0.39 is 5.82 Å². The second-order valence-electron chi connectivity index (χ2n) is 3.28. The van der Waals surface area contributed by atoms with Gasteiger partial charge in [0.25, 0.3) is 0 Å².